The molecule has 0 aromatic carbocycles. The minimum atomic E-state index is -0.699. The number of rotatable bonds is 9. The number of nitrogens with zero attached hydrogens (tertiary/aromatic N) is 2. The Balaban J connectivity index is 1.98. The number of carbonyl (C=O) groups excluding carboxylic acids is 1. The molecule has 1 unspecified atom stereocenters. The third-order valence-electron chi connectivity index (χ3n) is 6.14. The van der Waals surface area contributed by atoms with Crippen molar-refractivity contribution >= 4 is 11.9 Å². The average molecular weight is 381 g/mol. The number of hydrogen-bond acceptors (Lipinski definition) is 4. The number of hydrogen-bond donors (Lipinski definition) is 1. The Morgan fingerprint density at radius 3 is 2.56 bits per heavy atom. The maximum absolute atomic E-state index is 12.3. The van der Waals surface area contributed by atoms with Gasteiger partial charge in [-0.3, -0.25) is 9.59 Å². The molecule has 27 heavy (non-hydrogen) atoms. The van der Waals surface area contributed by atoms with Gasteiger partial charge in [-0.05, 0) is 31.6 Å². The predicted octanol–water partition coefficient (Wildman–Crippen LogP) is 2.64. The number of carboxylic acids is 1. The van der Waals surface area contributed by atoms with Crippen LogP contribution in [0.3, 0.4) is 0 Å². The van der Waals surface area contributed by atoms with Gasteiger partial charge in [0.25, 0.3) is 0 Å². The van der Waals surface area contributed by atoms with Gasteiger partial charge < -0.3 is 19.6 Å². The Labute approximate surface area is 163 Å². The number of carboxylic acid groups (broad SMARTS) is 1. The van der Waals surface area contributed by atoms with Crippen molar-refractivity contribution in [1.29, 1.82) is 0 Å². The molecule has 0 aliphatic carbocycles. The van der Waals surface area contributed by atoms with E-state index in [1.54, 1.807) is 0 Å². The van der Waals surface area contributed by atoms with Crippen molar-refractivity contribution in [2.24, 2.45) is 16.7 Å². The fourth-order valence-electron chi connectivity index (χ4n) is 4.76. The van der Waals surface area contributed by atoms with E-state index in [1.807, 2.05) is 17.9 Å². The molecule has 2 aliphatic heterocycles. The number of likely N-dealkylation sites (tertiary alicyclic amines) is 2. The summed E-state index contributed by atoms with van der Waals surface area (Å²) in [6.07, 6.45) is 4.79. The van der Waals surface area contributed by atoms with E-state index in [0.717, 1.165) is 32.4 Å². The third kappa shape index (κ3) is 5.55. The molecular formula is C21H36N2O4. The summed E-state index contributed by atoms with van der Waals surface area (Å²) in [5.74, 6) is -0.931. The summed E-state index contributed by atoms with van der Waals surface area (Å²) in [5.41, 5.74) is -0.126. The molecule has 0 radical (unpaired) electrons. The lowest BCUT2D eigenvalue weighted by atomic mass is 9.71. The Morgan fingerprint density at radius 1 is 1.33 bits per heavy atom. The molecule has 0 saturated carbocycles. The highest BCUT2D eigenvalue weighted by Crippen LogP contribution is 2.45. The van der Waals surface area contributed by atoms with Crippen LogP contribution in [0.25, 0.3) is 0 Å². The van der Waals surface area contributed by atoms with Crippen molar-refractivity contribution in [3.05, 3.63) is 12.7 Å². The molecular weight excluding hydrogens is 344 g/mol. The van der Waals surface area contributed by atoms with E-state index < -0.39 is 5.97 Å². The fraction of sp³-hybridized carbons (Fsp3) is 0.810. The van der Waals surface area contributed by atoms with E-state index in [2.05, 4.69) is 25.3 Å². The second kappa shape index (κ2) is 9.20. The summed E-state index contributed by atoms with van der Waals surface area (Å²) in [5, 5.41) is 9.83. The van der Waals surface area contributed by atoms with Gasteiger partial charge in [-0.2, -0.15) is 0 Å². The molecule has 1 atom stereocenters. The SMILES string of the molecule is C=CCC(C)(C)CN1CC(C(=O)O)C2(CCN(C(=O)CCOCC)CC2)C1. The Kier molecular flexibility index (Phi) is 7.46. The third-order valence-corrected chi connectivity index (χ3v) is 6.14. The van der Waals surface area contributed by atoms with Crippen molar-refractivity contribution in [2.45, 2.75) is 46.5 Å². The van der Waals surface area contributed by atoms with Crippen molar-refractivity contribution in [3.8, 4) is 0 Å². The lowest BCUT2D eigenvalue weighted by Crippen LogP contribution is -2.48. The molecule has 2 heterocycles. The van der Waals surface area contributed by atoms with Crippen LogP contribution < -0.4 is 0 Å². The first-order chi connectivity index (χ1) is 12.7. The second-order valence-electron chi connectivity index (χ2n) is 8.91. The smallest absolute Gasteiger partial charge is 0.308 e. The number of allylic oxidation sites excluding steroid dienone is 1. The molecule has 2 saturated heterocycles. The van der Waals surface area contributed by atoms with Crippen molar-refractivity contribution in [2.75, 3.05) is 45.9 Å². The summed E-state index contributed by atoms with van der Waals surface area (Å²) in [6, 6.07) is 0. The van der Waals surface area contributed by atoms with Gasteiger partial charge >= 0.3 is 5.97 Å². The summed E-state index contributed by atoms with van der Waals surface area (Å²) < 4.78 is 5.28. The Bertz CT molecular complexity index is 538. The van der Waals surface area contributed by atoms with Crippen LogP contribution in [-0.2, 0) is 14.3 Å². The fourth-order valence-corrected chi connectivity index (χ4v) is 4.76. The minimum absolute atomic E-state index is 0.0896. The van der Waals surface area contributed by atoms with E-state index in [0.29, 0.717) is 39.3 Å². The van der Waals surface area contributed by atoms with Gasteiger partial charge in [0.1, 0.15) is 0 Å². The predicted molar refractivity (Wildman–Crippen MR) is 106 cm³/mol. The average Bonchev–Trinajstić information content (AvgIpc) is 2.92. The van der Waals surface area contributed by atoms with E-state index in [1.165, 1.54) is 0 Å². The molecule has 2 fully saturated rings. The highest BCUT2D eigenvalue weighted by molar-refractivity contribution is 5.76. The van der Waals surface area contributed by atoms with Gasteiger partial charge in [0.15, 0.2) is 0 Å². The first-order valence-corrected chi connectivity index (χ1v) is 10.1. The molecule has 1 spiro atoms. The zero-order valence-corrected chi connectivity index (χ0v) is 17.2. The number of carbonyl (C=O) groups is 2. The summed E-state index contributed by atoms with van der Waals surface area (Å²) in [7, 11) is 0. The zero-order valence-electron chi connectivity index (χ0n) is 17.2. The Morgan fingerprint density at radius 2 is 2.00 bits per heavy atom. The van der Waals surface area contributed by atoms with Gasteiger partial charge in [-0.15, -0.1) is 6.58 Å². The Hall–Kier alpha value is -1.40. The normalized spacial score (nSPS) is 22.9. The van der Waals surface area contributed by atoms with E-state index in [-0.39, 0.29) is 22.7 Å². The summed E-state index contributed by atoms with van der Waals surface area (Å²) >= 11 is 0. The maximum Gasteiger partial charge on any atom is 0.308 e. The first kappa shape index (κ1) is 21.9. The molecule has 1 amide bonds. The van der Waals surface area contributed by atoms with Crippen LogP contribution in [0.1, 0.15) is 46.5 Å². The van der Waals surface area contributed by atoms with Crippen LogP contribution >= 0.6 is 0 Å². The van der Waals surface area contributed by atoms with Gasteiger partial charge in [-0.1, -0.05) is 19.9 Å². The van der Waals surface area contributed by atoms with E-state index in [9.17, 15) is 14.7 Å². The van der Waals surface area contributed by atoms with Crippen molar-refractivity contribution in [1.82, 2.24) is 9.80 Å². The summed E-state index contributed by atoms with van der Waals surface area (Å²) in [4.78, 5) is 28.5. The largest absolute Gasteiger partial charge is 0.481 e. The van der Waals surface area contributed by atoms with Crippen LogP contribution in [0.2, 0.25) is 0 Å². The van der Waals surface area contributed by atoms with Crippen molar-refractivity contribution < 1.29 is 19.4 Å². The number of amides is 1. The quantitative estimate of drug-likeness (QED) is 0.492. The minimum Gasteiger partial charge on any atom is -0.481 e. The maximum atomic E-state index is 12.3. The second-order valence-corrected chi connectivity index (χ2v) is 8.91. The standard InChI is InChI=1S/C21H36N2O4/c1-5-8-20(3,4)15-22-14-17(19(25)26)21(16-22)9-11-23(12-10-21)18(24)7-13-27-6-2/h5,17H,1,6-16H2,2-4H3,(H,25,26). The molecule has 0 aromatic rings. The van der Waals surface area contributed by atoms with Crippen LogP contribution in [0.15, 0.2) is 12.7 Å². The van der Waals surface area contributed by atoms with Crippen LogP contribution in [0.4, 0.5) is 0 Å². The molecule has 154 valence electrons. The lowest BCUT2D eigenvalue weighted by Gasteiger charge is -2.41. The highest BCUT2D eigenvalue weighted by Gasteiger charge is 2.52. The van der Waals surface area contributed by atoms with Gasteiger partial charge in [0, 0.05) is 44.7 Å². The van der Waals surface area contributed by atoms with E-state index in [4.69, 9.17) is 4.74 Å². The van der Waals surface area contributed by atoms with Crippen LogP contribution in [0.5, 0.6) is 0 Å². The van der Waals surface area contributed by atoms with Gasteiger partial charge in [0.05, 0.1) is 18.9 Å². The van der Waals surface area contributed by atoms with Gasteiger partial charge in [-0.25, -0.2) is 0 Å². The van der Waals surface area contributed by atoms with Crippen LogP contribution in [-0.4, -0.2) is 72.7 Å². The number of piperidine rings is 1. The monoisotopic (exact) mass is 380 g/mol. The molecule has 2 aliphatic rings. The van der Waals surface area contributed by atoms with Crippen LogP contribution in [0, 0.1) is 16.7 Å². The van der Waals surface area contributed by atoms with Crippen molar-refractivity contribution in [3.63, 3.8) is 0 Å². The topological polar surface area (TPSA) is 70.1 Å². The number of ether oxygens (including phenoxy) is 1. The zero-order chi connectivity index (χ0) is 20.1. The first-order valence-electron chi connectivity index (χ1n) is 10.1. The lowest BCUT2D eigenvalue weighted by molar-refractivity contribution is -0.146. The number of aliphatic carboxylic acids is 1. The van der Waals surface area contributed by atoms with E-state index >= 15 is 0 Å². The molecule has 0 aromatic heterocycles. The van der Waals surface area contributed by atoms with Gasteiger partial charge in [0.2, 0.25) is 5.91 Å². The molecule has 2 rings (SSSR count). The molecule has 0 bridgehead atoms. The highest BCUT2D eigenvalue weighted by atomic mass is 16.5. The summed E-state index contributed by atoms with van der Waals surface area (Å²) in [6.45, 7) is 14.8. The molecule has 6 nitrogen and oxygen atoms in total. The molecule has 1 N–H and O–H groups in total. The molecule has 6 heteroatoms.